The average molecular weight is 366 g/mol. The zero-order valence-corrected chi connectivity index (χ0v) is 11.2. The molecule has 0 saturated heterocycles. The molecule has 2 aromatic rings. The molecule has 17 heavy (non-hydrogen) atoms. The van der Waals surface area contributed by atoms with Gasteiger partial charge in [-0.25, -0.2) is 13.8 Å². The van der Waals surface area contributed by atoms with E-state index in [4.69, 9.17) is 0 Å². The highest BCUT2D eigenvalue weighted by Gasteiger charge is 2.09. The Morgan fingerprint density at radius 1 is 1.29 bits per heavy atom. The summed E-state index contributed by atoms with van der Waals surface area (Å²) >= 11 is 2.96. The molecule has 0 saturated carbocycles. The van der Waals surface area contributed by atoms with Crippen LogP contribution in [0, 0.1) is 15.2 Å². The Balaban J connectivity index is 2.35. The lowest BCUT2D eigenvalue weighted by Crippen LogP contribution is -2.10. The second kappa shape index (κ2) is 5.13. The summed E-state index contributed by atoms with van der Waals surface area (Å²) in [5.41, 5.74) is -0.259. The van der Waals surface area contributed by atoms with E-state index < -0.39 is 11.6 Å². The predicted octanol–water partition coefficient (Wildman–Crippen LogP) is 2.80. The van der Waals surface area contributed by atoms with Gasteiger partial charge < -0.3 is 4.98 Å². The Labute approximate surface area is 113 Å². The molecule has 3 nitrogen and oxygen atoms in total. The van der Waals surface area contributed by atoms with Gasteiger partial charge in [-0.1, -0.05) is 11.8 Å². The van der Waals surface area contributed by atoms with Crippen molar-refractivity contribution in [2.45, 2.75) is 9.92 Å². The van der Waals surface area contributed by atoms with Crippen molar-refractivity contribution in [3.63, 3.8) is 0 Å². The van der Waals surface area contributed by atoms with Crippen molar-refractivity contribution in [2.24, 2.45) is 0 Å². The van der Waals surface area contributed by atoms with Crippen LogP contribution in [0.15, 0.2) is 39.2 Å². The van der Waals surface area contributed by atoms with Crippen LogP contribution in [0.25, 0.3) is 0 Å². The highest BCUT2D eigenvalue weighted by atomic mass is 127. The zero-order valence-electron chi connectivity index (χ0n) is 8.21. The normalized spacial score (nSPS) is 10.5. The number of hydrogen-bond donors (Lipinski definition) is 1. The van der Waals surface area contributed by atoms with Crippen LogP contribution in [-0.4, -0.2) is 9.97 Å². The molecular weight excluding hydrogens is 361 g/mol. The van der Waals surface area contributed by atoms with E-state index >= 15 is 0 Å². The van der Waals surface area contributed by atoms with Crippen molar-refractivity contribution < 1.29 is 8.78 Å². The number of halogens is 3. The molecule has 0 bridgehead atoms. The molecule has 1 aromatic carbocycles. The van der Waals surface area contributed by atoms with Gasteiger partial charge in [0.15, 0.2) is 11.6 Å². The van der Waals surface area contributed by atoms with E-state index in [9.17, 15) is 13.6 Å². The number of aromatic nitrogens is 2. The Hall–Kier alpha value is -0.960. The third-order valence-corrected chi connectivity index (χ3v) is 4.23. The smallest absolute Gasteiger partial charge is 0.265 e. The van der Waals surface area contributed by atoms with Crippen LogP contribution < -0.4 is 5.56 Å². The number of rotatable bonds is 2. The molecule has 1 N–H and O–H groups in total. The molecule has 88 valence electrons. The fraction of sp³-hybridized carbons (Fsp3) is 0. The monoisotopic (exact) mass is 366 g/mol. The Kier molecular flexibility index (Phi) is 3.77. The number of nitrogens with one attached hydrogen (secondary N) is 1. The van der Waals surface area contributed by atoms with Gasteiger partial charge in [0, 0.05) is 4.90 Å². The van der Waals surface area contributed by atoms with E-state index in [2.05, 4.69) is 9.97 Å². The summed E-state index contributed by atoms with van der Waals surface area (Å²) in [6.07, 6.45) is 1.27. The minimum Gasteiger partial charge on any atom is -0.312 e. The Morgan fingerprint density at radius 3 is 2.76 bits per heavy atom. The molecule has 1 aromatic heterocycles. The summed E-state index contributed by atoms with van der Waals surface area (Å²) in [4.78, 5) is 18.2. The molecule has 0 radical (unpaired) electrons. The molecule has 2 rings (SSSR count). The molecule has 0 amide bonds. The first-order valence-corrected chi connectivity index (χ1v) is 6.33. The van der Waals surface area contributed by atoms with Crippen molar-refractivity contribution in [1.82, 2.24) is 9.97 Å². The fourth-order valence-corrected chi connectivity index (χ4v) is 2.52. The summed E-state index contributed by atoms with van der Waals surface area (Å²) in [5.74, 6) is -1.82. The number of benzene rings is 1. The third kappa shape index (κ3) is 2.83. The average Bonchev–Trinajstić information content (AvgIpc) is 2.30. The third-order valence-electron chi connectivity index (χ3n) is 1.87. The van der Waals surface area contributed by atoms with Crippen molar-refractivity contribution in [3.05, 3.63) is 50.1 Å². The maximum atomic E-state index is 13.0. The summed E-state index contributed by atoms with van der Waals surface area (Å²) in [7, 11) is 0. The van der Waals surface area contributed by atoms with Gasteiger partial charge in [0.2, 0.25) is 0 Å². The lowest BCUT2D eigenvalue weighted by molar-refractivity contribution is 0.506. The van der Waals surface area contributed by atoms with E-state index in [0.717, 1.165) is 23.9 Å². The van der Waals surface area contributed by atoms with Gasteiger partial charge in [0.05, 0.1) is 6.33 Å². The molecule has 1 heterocycles. The minimum atomic E-state index is -0.921. The molecule has 0 aliphatic rings. The first-order chi connectivity index (χ1) is 8.08. The van der Waals surface area contributed by atoms with E-state index in [1.54, 1.807) is 0 Å². The standard InChI is InChI=1S/C10H5F2IN2OS/c11-6-2-1-5(3-7(6)12)17-10-8(13)9(16)14-4-15-10/h1-4H,(H,14,15,16). The van der Waals surface area contributed by atoms with Gasteiger partial charge in [-0.3, -0.25) is 4.79 Å². The summed E-state index contributed by atoms with van der Waals surface area (Å²) in [6, 6.07) is 3.54. The zero-order chi connectivity index (χ0) is 12.4. The molecule has 0 aliphatic heterocycles. The second-order valence-corrected chi connectivity index (χ2v) is 5.17. The van der Waals surface area contributed by atoms with Crippen LogP contribution in [0.1, 0.15) is 0 Å². The minimum absolute atomic E-state index is 0.259. The van der Waals surface area contributed by atoms with E-state index in [1.165, 1.54) is 12.4 Å². The van der Waals surface area contributed by atoms with Crippen LogP contribution in [0.2, 0.25) is 0 Å². The Bertz CT molecular complexity index is 617. The van der Waals surface area contributed by atoms with Crippen molar-refractivity contribution in [1.29, 1.82) is 0 Å². The lowest BCUT2D eigenvalue weighted by atomic mass is 10.3. The quantitative estimate of drug-likeness (QED) is 0.657. The van der Waals surface area contributed by atoms with Gasteiger partial charge in [-0.15, -0.1) is 0 Å². The molecule has 0 spiro atoms. The van der Waals surface area contributed by atoms with Gasteiger partial charge in [-0.05, 0) is 40.8 Å². The van der Waals surface area contributed by atoms with Crippen LogP contribution >= 0.6 is 34.4 Å². The van der Waals surface area contributed by atoms with Crippen LogP contribution in [0.4, 0.5) is 8.78 Å². The number of nitrogens with zero attached hydrogens (tertiary/aromatic N) is 1. The Morgan fingerprint density at radius 2 is 2.06 bits per heavy atom. The van der Waals surface area contributed by atoms with Crippen LogP contribution in [0.3, 0.4) is 0 Å². The molecule has 7 heteroatoms. The predicted molar refractivity (Wildman–Crippen MR) is 68.1 cm³/mol. The molecule has 0 aliphatic carbocycles. The highest BCUT2D eigenvalue weighted by molar-refractivity contribution is 14.1. The van der Waals surface area contributed by atoms with E-state index in [1.807, 2.05) is 22.6 Å². The van der Waals surface area contributed by atoms with Crippen molar-refractivity contribution in [2.75, 3.05) is 0 Å². The maximum Gasteiger partial charge on any atom is 0.265 e. The molecular formula is C10H5F2IN2OS. The number of H-pyrrole nitrogens is 1. The van der Waals surface area contributed by atoms with E-state index in [-0.39, 0.29) is 5.56 Å². The summed E-state index contributed by atoms with van der Waals surface area (Å²) < 4.78 is 26.1. The number of aromatic amines is 1. The molecule has 0 unspecified atom stereocenters. The molecule has 0 atom stereocenters. The topological polar surface area (TPSA) is 45.8 Å². The summed E-state index contributed by atoms with van der Waals surface area (Å²) in [6.45, 7) is 0. The number of hydrogen-bond acceptors (Lipinski definition) is 3. The molecule has 0 fully saturated rings. The van der Waals surface area contributed by atoms with Crippen molar-refractivity contribution in [3.8, 4) is 0 Å². The van der Waals surface area contributed by atoms with Gasteiger partial charge in [0.1, 0.15) is 8.60 Å². The van der Waals surface area contributed by atoms with Crippen LogP contribution in [-0.2, 0) is 0 Å². The van der Waals surface area contributed by atoms with Crippen molar-refractivity contribution >= 4 is 34.4 Å². The van der Waals surface area contributed by atoms with Gasteiger partial charge in [0.25, 0.3) is 5.56 Å². The first-order valence-electron chi connectivity index (χ1n) is 4.44. The maximum absolute atomic E-state index is 13.0. The van der Waals surface area contributed by atoms with Gasteiger partial charge >= 0.3 is 0 Å². The first kappa shape index (κ1) is 12.5. The SMILES string of the molecule is O=c1[nH]cnc(Sc2ccc(F)c(F)c2)c1I. The second-order valence-electron chi connectivity index (χ2n) is 3.03. The summed E-state index contributed by atoms with van der Waals surface area (Å²) in [5, 5.41) is 0.459. The highest BCUT2D eigenvalue weighted by Crippen LogP contribution is 2.28. The van der Waals surface area contributed by atoms with E-state index in [0.29, 0.717) is 13.5 Å². The fourth-order valence-electron chi connectivity index (χ4n) is 1.09. The van der Waals surface area contributed by atoms with Gasteiger partial charge in [-0.2, -0.15) is 0 Å². The van der Waals surface area contributed by atoms with Crippen LogP contribution in [0.5, 0.6) is 0 Å². The lowest BCUT2D eigenvalue weighted by Gasteiger charge is -2.02. The largest absolute Gasteiger partial charge is 0.312 e.